The fourth-order valence-electron chi connectivity index (χ4n) is 5.39. The second kappa shape index (κ2) is 11.3. The number of nitrogens with zero attached hydrogens (tertiary/aromatic N) is 4. The van der Waals surface area contributed by atoms with Crippen molar-refractivity contribution in [3.63, 3.8) is 0 Å². The fraction of sp³-hybridized carbons (Fsp3) is 0.226. The molecule has 2 N–H and O–H groups in total. The van der Waals surface area contributed by atoms with Gasteiger partial charge in [-0.25, -0.2) is 23.7 Å². The highest BCUT2D eigenvalue weighted by Crippen LogP contribution is 2.41. The Balaban J connectivity index is 1.24. The molecule has 1 aromatic heterocycles. The molecule has 3 heterocycles. The van der Waals surface area contributed by atoms with Crippen LogP contribution in [0.25, 0.3) is 11.1 Å². The summed E-state index contributed by atoms with van der Waals surface area (Å²) >= 11 is 6.28. The first-order chi connectivity index (χ1) is 19.9. The molecule has 3 aliphatic rings. The Morgan fingerprint density at radius 2 is 1.76 bits per heavy atom. The molecule has 1 saturated heterocycles. The standard InChI is InChI=1S/C31H27ClF2N6O/c1-35-20-11-13-40(14-12-20)30(41)18-5-8-21(9-6-18)38-31-37-16-19-7-10-22-23(28-25(33)3-2-4-26(28)34)15-27(32)36-17-24(22)29(19)39-31/h2-6,8-10,15-17,20,35H,7,11-14H2,1H3,(H,37,38,39). The van der Waals surface area contributed by atoms with Crippen molar-refractivity contribution in [2.24, 2.45) is 4.99 Å². The zero-order chi connectivity index (χ0) is 28.5. The summed E-state index contributed by atoms with van der Waals surface area (Å²) in [6.45, 7) is 1.46. The van der Waals surface area contributed by atoms with Gasteiger partial charge in [0, 0.05) is 53.9 Å². The number of carbonyl (C=O) groups is 1. The quantitative estimate of drug-likeness (QED) is 0.399. The molecule has 41 heavy (non-hydrogen) atoms. The van der Waals surface area contributed by atoms with Gasteiger partial charge in [0.15, 0.2) is 0 Å². The summed E-state index contributed by atoms with van der Waals surface area (Å²) < 4.78 is 29.6. The number of piperidine rings is 1. The number of likely N-dealkylation sites (tertiary alicyclic amines) is 1. The van der Waals surface area contributed by atoms with Crippen molar-refractivity contribution >= 4 is 45.5 Å². The van der Waals surface area contributed by atoms with Crippen LogP contribution < -0.4 is 10.6 Å². The minimum Gasteiger partial charge on any atom is -0.339 e. The predicted octanol–water partition coefficient (Wildman–Crippen LogP) is 5.88. The zero-order valence-electron chi connectivity index (χ0n) is 22.3. The molecule has 0 saturated carbocycles. The Hall–Kier alpha value is -4.21. The summed E-state index contributed by atoms with van der Waals surface area (Å²) in [6, 6.07) is 11.4. The minimum absolute atomic E-state index is 0.0186. The molecule has 2 aliphatic heterocycles. The number of benzene rings is 2. The molecule has 10 heteroatoms. The maximum Gasteiger partial charge on any atom is 0.253 e. The monoisotopic (exact) mass is 572 g/mol. The van der Waals surface area contributed by atoms with E-state index in [0.29, 0.717) is 52.1 Å². The van der Waals surface area contributed by atoms with Crippen LogP contribution in [0.3, 0.4) is 0 Å². The van der Waals surface area contributed by atoms with Crippen LogP contribution in [-0.2, 0) is 6.42 Å². The lowest BCUT2D eigenvalue weighted by Gasteiger charge is -2.31. The van der Waals surface area contributed by atoms with Crippen molar-refractivity contribution in [2.45, 2.75) is 25.3 Å². The molecule has 1 fully saturated rings. The van der Waals surface area contributed by atoms with E-state index in [4.69, 9.17) is 16.6 Å². The van der Waals surface area contributed by atoms with Gasteiger partial charge in [-0.15, -0.1) is 0 Å². The molecular formula is C31H27ClF2N6O. The first-order valence-electron chi connectivity index (χ1n) is 13.4. The third-order valence-electron chi connectivity index (χ3n) is 7.62. The smallest absolute Gasteiger partial charge is 0.253 e. The first kappa shape index (κ1) is 27.0. The van der Waals surface area contributed by atoms with Gasteiger partial charge >= 0.3 is 0 Å². The number of allylic oxidation sites excluding steroid dienone is 5. The topological polar surface area (TPSA) is 82.5 Å². The molecule has 6 rings (SSSR count). The van der Waals surface area contributed by atoms with E-state index in [9.17, 15) is 13.6 Å². The molecule has 0 bridgehead atoms. The van der Waals surface area contributed by atoms with Crippen molar-refractivity contribution in [2.75, 3.05) is 25.5 Å². The molecule has 2 aromatic carbocycles. The van der Waals surface area contributed by atoms with Crippen LogP contribution in [0, 0.1) is 11.6 Å². The van der Waals surface area contributed by atoms with Crippen LogP contribution in [0.1, 0.15) is 40.0 Å². The number of halogens is 3. The second-order valence-corrected chi connectivity index (χ2v) is 10.5. The number of carbonyl (C=O) groups excluding carboxylic acids is 1. The number of rotatable bonds is 5. The van der Waals surface area contributed by atoms with Gasteiger partial charge in [0.2, 0.25) is 5.95 Å². The average molecular weight is 573 g/mol. The molecule has 208 valence electrons. The van der Waals surface area contributed by atoms with Gasteiger partial charge in [-0.3, -0.25) is 4.79 Å². The SMILES string of the molecule is CNC1CCN(C(=O)c2ccc(Nc3ncc4c(n3)C3=CN=C(Cl)C=C(c5c(F)cccc5F)C3=CC4)cc2)CC1. The lowest BCUT2D eigenvalue weighted by molar-refractivity contribution is 0.0707. The number of hydrogen-bond acceptors (Lipinski definition) is 6. The Labute approximate surface area is 241 Å². The predicted molar refractivity (Wildman–Crippen MR) is 157 cm³/mol. The van der Waals surface area contributed by atoms with Crippen LogP contribution in [0.4, 0.5) is 20.4 Å². The summed E-state index contributed by atoms with van der Waals surface area (Å²) in [5.74, 6) is -1.03. The molecule has 1 amide bonds. The van der Waals surface area contributed by atoms with E-state index in [1.54, 1.807) is 24.5 Å². The zero-order valence-corrected chi connectivity index (χ0v) is 23.1. The Morgan fingerprint density at radius 3 is 2.46 bits per heavy atom. The van der Waals surface area contributed by atoms with Gasteiger partial charge in [0.25, 0.3) is 5.91 Å². The number of anilines is 2. The molecule has 0 spiro atoms. The van der Waals surface area contributed by atoms with E-state index < -0.39 is 11.6 Å². The van der Waals surface area contributed by atoms with Crippen molar-refractivity contribution in [1.82, 2.24) is 20.2 Å². The number of hydrogen-bond donors (Lipinski definition) is 2. The lowest BCUT2D eigenvalue weighted by atomic mass is 9.84. The van der Waals surface area contributed by atoms with Gasteiger partial charge in [0.05, 0.1) is 11.3 Å². The van der Waals surface area contributed by atoms with Gasteiger partial charge in [0.1, 0.15) is 16.8 Å². The summed E-state index contributed by atoms with van der Waals surface area (Å²) in [5, 5.41) is 6.57. The van der Waals surface area contributed by atoms with Gasteiger partial charge in [-0.2, -0.15) is 0 Å². The second-order valence-electron chi connectivity index (χ2n) is 10.1. The normalized spacial score (nSPS) is 16.9. The highest BCUT2D eigenvalue weighted by atomic mass is 35.5. The van der Waals surface area contributed by atoms with Crippen LogP contribution in [0.15, 0.2) is 77.6 Å². The van der Waals surface area contributed by atoms with Gasteiger partial charge in [-0.1, -0.05) is 23.7 Å². The number of amides is 1. The van der Waals surface area contributed by atoms with Crippen LogP contribution in [0.2, 0.25) is 0 Å². The van der Waals surface area contributed by atoms with Crippen LogP contribution >= 0.6 is 11.6 Å². The number of nitrogens with one attached hydrogen (secondary N) is 2. The molecule has 7 nitrogen and oxygen atoms in total. The van der Waals surface area contributed by atoms with E-state index in [1.165, 1.54) is 24.3 Å². The first-order valence-corrected chi connectivity index (χ1v) is 13.8. The summed E-state index contributed by atoms with van der Waals surface area (Å²) in [5.41, 5.74) is 4.08. The molecule has 0 radical (unpaired) electrons. The lowest BCUT2D eigenvalue weighted by Crippen LogP contribution is -2.43. The summed E-state index contributed by atoms with van der Waals surface area (Å²) in [7, 11) is 1.95. The van der Waals surface area contributed by atoms with E-state index in [2.05, 4.69) is 20.6 Å². The van der Waals surface area contributed by atoms with Crippen molar-refractivity contribution in [3.8, 4) is 0 Å². The average Bonchev–Trinajstić information content (AvgIpc) is 3.16. The molecule has 0 unspecified atom stereocenters. The van der Waals surface area contributed by atoms with Crippen molar-refractivity contribution < 1.29 is 13.6 Å². The maximum absolute atomic E-state index is 14.8. The third kappa shape index (κ3) is 5.42. The third-order valence-corrected chi connectivity index (χ3v) is 7.82. The van der Waals surface area contributed by atoms with Crippen LogP contribution in [-0.4, -0.2) is 52.1 Å². The van der Waals surface area contributed by atoms with Gasteiger partial charge in [-0.05, 0) is 79.9 Å². The molecule has 1 aliphatic carbocycles. The largest absolute Gasteiger partial charge is 0.339 e. The minimum atomic E-state index is -0.692. The highest BCUT2D eigenvalue weighted by molar-refractivity contribution is 6.69. The van der Waals surface area contributed by atoms with Crippen molar-refractivity contribution in [3.05, 3.63) is 107 Å². The highest BCUT2D eigenvalue weighted by Gasteiger charge is 2.28. The fourth-order valence-corrected chi connectivity index (χ4v) is 5.54. The van der Waals surface area contributed by atoms with Gasteiger partial charge < -0.3 is 15.5 Å². The number of aromatic nitrogens is 2. The van der Waals surface area contributed by atoms with E-state index >= 15 is 0 Å². The van der Waals surface area contributed by atoms with E-state index in [-0.39, 0.29) is 16.6 Å². The van der Waals surface area contributed by atoms with E-state index in [0.717, 1.165) is 31.5 Å². The summed E-state index contributed by atoms with van der Waals surface area (Å²) in [4.78, 5) is 28.3. The number of fused-ring (bicyclic) bond motifs is 3. The molecule has 0 atom stereocenters. The van der Waals surface area contributed by atoms with Crippen LogP contribution in [0.5, 0.6) is 0 Å². The number of aliphatic imine (C=N–C) groups is 1. The maximum atomic E-state index is 14.8. The Morgan fingerprint density at radius 1 is 1.02 bits per heavy atom. The molecular weight excluding hydrogens is 546 g/mol. The summed E-state index contributed by atoms with van der Waals surface area (Å²) in [6.07, 6.45) is 8.97. The Bertz CT molecular complexity index is 1620. The Kier molecular flexibility index (Phi) is 7.47. The van der Waals surface area contributed by atoms with Crippen molar-refractivity contribution in [1.29, 1.82) is 0 Å². The molecule has 3 aromatic rings. The van der Waals surface area contributed by atoms with E-state index in [1.807, 2.05) is 30.2 Å².